The van der Waals surface area contributed by atoms with Gasteiger partial charge in [0.05, 0.1) is 5.01 Å². The number of fused-ring (bicyclic) bond motifs is 1. The van der Waals surface area contributed by atoms with Gasteiger partial charge < -0.3 is 9.88 Å². The Morgan fingerprint density at radius 1 is 1.55 bits per heavy atom. The molecule has 106 valence electrons. The largest absolute Gasteiger partial charge is 0.346 e. The summed E-state index contributed by atoms with van der Waals surface area (Å²) in [6.07, 6.45) is 5.62. The minimum atomic E-state index is -0.0679. The molecule has 0 saturated heterocycles. The summed E-state index contributed by atoms with van der Waals surface area (Å²) >= 11 is 1.55. The van der Waals surface area contributed by atoms with E-state index >= 15 is 0 Å². The normalized spacial score (nSPS) is 18.1. The third-order valence-electron chi connectivity index (χ3n) is 3.52. The van der Waals surface area contributed by atoms with Crippen molar-refractivity contribution in [2.24, 2.45) is 0 Å². The van der Waals surface area contributed by atoms with Crippen molar-refractivity contribution in [2.75, 3.05) is 0 Å². The number of carbonyl (C=O) groups excluding carboxylic acids is 1. The predicted octanol–water partition coefficient (Wildman–Crippen LogP) is 2.21. The number of nitrogens with one attached hydrogen (secondary N) is 1. The predicted molar refractivity (Wildman–Crippen MR) is 78.0 cm³/mol. The topological polar surface area (TPSA) is 59.8 Å². The maximum absolute atomic E-state index is 12.2. The van der Waals surface area contributed by atoms with Gasteiger partial charge >= 0.3 is 0 Å². The van der Waals surface area contributed by atoms with E-state index < -0.39 is 0 Å². The zero-order valence-electron chi connectivity index (χ0n) is 11.7. The summed E-state index contributed by atoms with van der Waals surface area (Å²) in [5, 5.41) is 5.93. The molecule has 2 aromatic rings. The van der Waals surface area contributed by atoms with Crippen LogP contribution < -0.4 is 5.32 Å². The number of carbonyl (C=O) groups is 1. The van der Waals surface area contributed by atoms with Crippen molar-refractivity contribution in [2.45, 2.75) is 45.2 Å². The van der Waals surface area contributed by atoms with Crippen LogP contribution in [0.4, 0.5) is 0 Å². The van der Waals surface area contributed by atoms with Crippen molar-refractivity contribution >= 4 is 17.2 Å². The van der Waals surface area contributed by atoms with E-state index in [1.165, 1.54) is 0 Å². The van der Waals surface area contributed by atoms with Crippen LogP contribution in [0.3, 0.4) is 0 Å². The first-order chi connectivity index (χ1) is 9.63. The summed E-state index contributed by atoms with van der Waals surface area (Å²) in [5.74, 6) is 1.40. The molecule has 1 atom stereocenters. The molecule has 0 bridgehead atoms. The molecule has 6 heteroatoms. The zero-order valence-corrected chi connectivity index (χ0v) is 12.5. The molecule has 3 rings (SSSR count). The van der Waals surface area contributed by atoms with Crippen LogP contribution in [0.15, 0.2) is 17.8 Å². The van der Waals surface area contributed by atoms with Crippen molar-refractivity contribution < 1.29 is 4.79 Å². The number of aromatic nitrogens is 3. The Balaban J connectivity index is 1.64. The average molecular weight is 290 g/mol. The Kier molecular flexibility index (Phi) is 3.56. The van der Waals surface area contributed by atoms with E-state index in [-0.39, 0.29) is 11.9 Å². The molecule has 5 nitrogen and oxygen atoms in total. The first-order valence-corrected chi connectivity index (χ1v) is 7.77. The molecule has 0 aromatic carbocycles. The summed E-state index contributed by atoms with van der Waals surface area (Å²) in [6, 6.07) is 0.161. The maximum atomic E-state index is 12.2. The van der Waals surface area contributed by atoms with E-state index in [0.717, 1.165) is 30.2 Å². The third-order valence-corrected chi connectivity index (χ3v) is 4.66. The van der Waals surface area contributed by atoms with E-state index in [1.807, 2.05) is 17.8 Å². The highest BCUT2D eigenvalue weighted by Crippen LogP contribution is 2.19. The van der Waals surface area contributed by atoms with Crippen LogP contribution in [0.2, 0.25) is 0 Å². The molecule has 20 heavy (non-hydrogen) atoms. The summed E-state index contributed by atoms with van der Waals surface area (Å²) in [7, 11) is 0. The zero-order chi connectivity index (χ0) is 14.1. The lowest BCUT2D eigenvalue weighted by Gasteiger charge is -2.24. The van der Waals surface area contributed by atoms with E-state index in [1.54, 1.807) is 11.3 Å². The van der Waals surface area contributed by atoms with E-state index in [9.17, 15) is 4.79 Å². The smallest absolute Gasteiger partial charge is 0.271 e. The van der Waals surface area contributed by atoms with Crippen LogP contribution in [-0.4, -0.2) is 26.5 Å². The number of thiazole rings is 1. The Bertz CT molecular complexity index is 616. The fourth-order valence-corrected chi connectivity index (χ4v) is 3.22. The highest BCUT2D eigenvalue weighted by atomic mass is 32.1. The van der Waals surface area contributed by atoms with Crippen LogP contribution in [-0.2, 0) is 13.0 Å². The molecule has 0 fully saturated rings. The number of aryl methyl sites for hydroxylation is 1. The summed E-state index contributed by atoms with van der Waals surface area (Å²) in [6.45, 7) is 4.96. The van der Waals surface area contributed by atoms with Crippen molar-refractivity contribution in [1.82, 2.24) is 19.9 Å². The van der Waals surface area contributed by atoms with Gasteiger partial charge in [0.15, 0.2) is 0 Å². The van der Waals surface area contributed by atoms with Gasteiger partial charge in [-0.1, -0.05) is 13.8 Å². The Hall–Kier alpha value is -1.69. The Morgan fingerprint density at radius 3 is 3.15 bits per heavy atom. The van der Waals surface area contributed by atoms with Crippen LogP contribution in [0, 0.1) is 0 Å². The van der Waals surface area contributed by atoms with Crippen molar-refractivity contribution in [3.05, 3.63) is 34.3 Å². The van der Waals surface area contributed by atoms with Crippen LogP contribution >= 0.6 is 11.3 Å². The molecule has 0 spiro atoms. The van der Waals surface area contributed by atoms with Gasteiger partial charge in [-0.25, -0.2) is 9.97 Å². The summed E-state index contributed by atoms with van der Waals surface area (Å²) < 4.78 is 2.11. The van der Waals surface area contributed by atoms with Gasteiger partial charge in [-0.05, 0) is 6.42 Å². The van der Waals surface area contributed by atoms with Crippen LogP contribution in [0.1, 0.15) is 47.5 Å². The molecule has 1 unspecified atom stereocenters. The van der Waals surface area contributed by atoms with E-state index in [2.05, 4.69) is 33.7 Å². The molecule has 1 amide bonds. The average Bonchev–Trinajstić information content (AvgIpc) is 3.07. The molecular weight excluding hydrogens is 272 g/mol. The summed E-state index contributed by atoms with van der Waals surface area (Å²) in [4.78, 5) is 20.9. The lowest BCUT2D eigenvalue weighted by Crippen LogP contribution is -2.41. The van der Waals surface area contributed by atoms with Gasteiger partial charge in [-0.15, -0.1) is 11.3 Å². The van der Waals surface area contributed by atoms with Crippen LogP contribution in [0.25, 0.3) is 0 Å². The second-order valence-electron chi connectivity index (χ2n) is 5.43. The lowest BCUT2D eigenvalue weighted by molar-refractivity contribution is 0.0923. The van der Waals surface area contributed by atoms with Gasteiger partial charge in [-0.2, -0.15) is 0 Å². The number of nitrogens with zero attached hydrogens (tertiary/aromatic N) is 3. The highest BCUT2D eigenvalue weighted by Gasteiger charge is 2.22. The molecule has 0 radical (unpaired) electrons. The first-order valence-electron chi connectivity index (χ1n) is 6.90. The Labute approximate surface area is 122 Å². The standard InChI is InChI=1S/C14H18N4OS/c1-9(2)14-17-11(8-20-14)13(19)16-10-3-4-12-15-5-6-18(12)7-10/h5-6,8-10H,3-4,7H2,1-2H3,(H,16,19). The van der Waals surface area contributed by atoms with E-state index in [4.69, 9.17) is 0 Å². The number of hydrogen-bond acceptors (Lipinski definition) is 4. The fraction of sp³-hybridized carbons (Fsp3) is 0.500. The number of imidazole rings is 1. The second kappa shape index (κ2) is 5.36. The van der Waals surface area contributed by atoms with Gasteiger partial charge in [0, 0.05) is 42.7 Å². The molecule has 1 aliphatic rings. The van der Waals surface area contributed by atoms with Crippen LogP contribution in [0.5, 0.6) is 0 Å². The molecule has 1 N–H and O–H groups in total. The third kappa shape index (κ3) is 2.60. The minimum absolute atomic E-state index is 0.0679. The number of amides is 1. The monoisotopic (exact) mass is 290 g/mol. The fourth-order valence-electron chi connectivity index (χ4n) is 2.40. The van der Waals surface area contributed by atoms with Crippen molar-refractivity contribution in [3.63, 3.8) is 0 Å². The molecular formula is C14H18N4OS. The van der Waals surface area contributed by atoms with E-state index in [0.29, 0.717) is 11.6 Å². The molecule has 0 saturated carbocycles. The van der Waals surface area contributed by atoms with Gasteiger partial charge in [0.2, 0.25) is 0 Å². The van der Waals surface area contributed by atoms with Gasteiger partial charge in [0.1, 0.15) is 11.5 Å². The lowest BCUT2D eigenvalue weighted by atomic mass is 10.1. The molecule has 1 aliphatic heterocycles. The van der Waals surface area contributed by atoms with Gasteiger partial charge in [0.25, 0.3) is 5.91 Å². The molecule has 2 aromatic heterocycles. The maximum Gasteiger partial charge on any atom is 0.271 e. The second-order valence-corrected chi connectivity index (χ2v) is 6.32. The first kappa shape index (κ1) is 13.3. The highest BCUT2D eigenvalue weighted by molar-refractivity contribution is 7.09. The molecule has 3 heterocycles. The van der Waals surface area contributed by atoms with Crippen molar-refractivity contribution in [3.8, 4) is 0 Å². The number of rotatable bonds is 3. The SMILES string of the molecule is CC(C)c1nc(C(=O)NC2CCc3nccn3C2)cs1. The van der Waals surface area contributed by atoms with Gasteiger partial charge in [-0.3, -0.25) is 4.79 Å². The minimum Gasteiger partial charge on any atom is -0.346 e. The van der Waals surface area contributed by atoms with Crippen molar-refractivity contribution in [1.29, 1.82) is 0 Å². The quantitative estimate of drug-likeness (QED) is 0.943. The summed E-state index contributed by atoms with van der Waals surface area (Å²) in [5.41, 5.74) is 0.537. The Morgan fingerprint density at radius 2 is 2.40 bits per heavy atom. The molecule has 0 aliphatic carbocycles. The number of hydrogen-bond donors (Lipinski definition) is 1.